The standard InChI is InChI=1S/C18H21NO2S/c1-13-4-5-14(2)17(10-13)19-18(20)12-22-11-15-6-8-16(21-3)9-7-15/h4-10H,11-12H2,1-3H3,(H,19,20). The van der Waals surface area contributed by atoms with Gasteiger partial charge in [-0.15, -0.1) is 11.8 Å². The molecule has 0 radical (unpaired) electrons. The number of anilines is 1. The Morgan fingerprint density at radius 3 is 2.55 bits per heavy atom. The lowest BCUT2D eigenvalue weighted by Gasteiger charge is -2.09. The van der Waals surface area contributed by atoms with E-state index in [4.69, 9.17) is 4.74 Å². The molecular weight excluding hydrogens is 294 g/mol. The molecule has 0 aliphatic heterocycles. The minimum absolute atomic E-state index is 0.0345. The summed E-state index contributed by atoms with van der Waals surface area (Å²) in [6.07, 6.45) is 0. The Labute approximate surface area is 136 Å². The molecule has 0 heterocycles. The third-order valence-corrected chi connectivity index (χ3v) is 4.33. The van der Waals surface area contributed by atoms with E-state index in [1.807, 2.05) is 56.3 Å². The molecule has 0 saturated heterocycles. The van der Waals surface area contributed by atoms with Gasteiger partial charge in [0.15, 0.2) is 0 Å². The van der Waals surface area contributed by atoms with E-state index in [0.717, 1.165) is 28.3 Å². The number of nitrogens with one attached hydrogen (secondary N) is 1. The maximum Gasteiger partial charge on any atom is 0.234 e. The number of hydrogen-bond donors (Lipinski definition) is 1. The van der Waals surface area contributed by atoms with Gasteiger partial charge in [0.05, 0.1) is 12.9 Å². The number of ether oxygens (including phenoxy) is 1. The molecule has 0 saturated carbocycles. The molecule has 1 amide bonds. The summed E-state index contributed by atoms with van der Waals surface area (Å²) < 4.78 is 5.13. The Bertz CT molecular complexity index is 638. The van der Waals surface area contributed by atoms with Crippen molar-refractivity contribution in [1.82, 2.24) is 0 Å². The molecule has 22 heavy (non-hydrogen) atoms. The average molecular weight is 315 g/mol. The van der Waals surface area contributed by atoms with Crippen LogP contribution in [0.4, 0.5) is 5.69 Å². The highest BCUT2D eigenvalue weighted by atomic mass is 32.2. The zero-order chi connectivity index (χ0) is 15.9. The van der Waals surface area contributed by atoms with Gasteiger partial charge in [-0.25, -0.2) is 0 Å². The van der Waals surface area contributed by atoms with Gasteiger partial charge >= 0.3 is 0 Å². The van der Waals surface area contributed by atoms with Crippen molar-refractivity contribution in [2.24, 2.45) is 0 Å². The molecule has 0 aliphatic rings. The van der Waals surface area contributed by atoms with Crippen LogP contribution in [0.15, 0.2) is 42.5 Å². The number of thioether (sulfide) groups is 1. The highest BCUT2D eigenvalue weighted by molar-refractivity contribution is 7.99. The Balaban J connectivity index is 1.81. The SMILES string of the molecule is COc1ccc(CSCC(=O)Nc2cc(C)ccc2C)cc1. The highest BCUT2D eigenvalue weighted by Crippen LogP contribution is 2.19. The third kappa shape index (κ3) is 4.81. The average Bonchev–Trinajstić information content (AvgIpc) is 2.51. The van der Waals surface area contributed by atoms with Gasteiger partial charge in [-0.2, -0.15) is 0 Å². The van der Waals surface area contributed by atoms with Crippen molar-refractivity contribution in [3.63, 3.8) is 0 Å². The van der Waals surface area contributed by atoms with Crippen LogP contribution in [0.1, 0.15) is 16.7 Å². The van der Waals surface area contributed by atoms with Crippen LogP contribution in [0.2, 0.25) is 0 Å². The first-order chi connectivity index (χ1) is 10.6. The molecule has 4 heteroatoms. The summed E-state index contributed by atoms with van der Waals surface area (Å²) >= 11 is 1.60. The van der Waals surface area contributed by atoms with Crippen molar-refractivity contribution >= 4 is 23.4 Å². The van der Waals surface area contributed by atoms with E-state index in [-0.39, 0.29) is 5.91 Å². The monoisotopic (exact) mass is 315 g/mol. The summed E-state index contributed by atoms with van der Waals surface area (Å²) in [7, 11) is 1.65. The van der Waals surface area contributed by atoms with E-state index in [1.165, 1.54) is 5.56 Å². The molecule has 2 aromatic rings. The van der Waals surface area contributed by atoms with Crippen LogP contribution in [-0.2, 0) is 10.5 Å². The Hall–Kier alpha value is -1.94. The van der Waals surface area contributed by atoms with Crippen LogP contribution >= 0.6 is 11.8 Å². The van der Waals surface area contributed by atoms with Crippen LogP contribution in [0.25, 0.3) is 0 Å². The fourth-order valence-corrected chi connectivity index (χ4v) is 2.83. The number of methoxy groups -OCH3 is 1. The molecule has 0 atom stereocenters. The molecule has 3 nitrogen and oxygen atoms in total. The lowest BCUT2D eigenvalue weighted by atomic mass is 10.1. The quantitative estimate of drug-likeness (QED) is 0.869. The molecule has 116 valence electrons. The first kappa shape index (κ1) is 16.4. The third-order valence-electron chi connectivity index (χ3n) is 3.33. The van der Waals surface area contributed by atoms with Crippen LogP contribution in [0.5, 0.6) is 5.75 Å². The van der Waals surface area contributed by atoms with Gasteiger partial charge in [-0.1, -0.05) is 24.3 Å². The Kier molecular flexibility index (Phi) is 5.90. The fraction of sp³-hybridized carbons (Fsp3) is 0.278. The van der Waals surface area contributed by atoms with Crippen molar-refractivity contribution in [2.45, 2.75) is 19.6 Å². The Morgan fingerprint density at radius 1 is 1.14 bits per heavy atom. The topological polar surface area (TPSA) is 38.3 Å². The predicted octanol–water partition coefficient (Wildman–Crippen LogP) is 4.18. The molecule has 0 aliphatic carbocycles. The molecule has 0 fully saturated rings. The van der Waals surface area contributed by atoms with Crippen LogP contribution in [0.3, 0.4) is 0 Å². The van der Waals surface area contributed by atoms with Gasteiger partial charge in [0.25, 0.3) is 0 Å². The molecule has 0 unspecified atom stereocenters. The lowest BCUT2D eigenvalue weighted by molar-refractivity contribution is -0.113. The van der Waals surface area contributed by atoms with Crippen molar-refractivity contribution in [3.8, 4) is 5.75 Å². The van der Waals surface area contributed by atoms with E-state index in [2.05, 4.69) is 5.32 Å². The largest absolute Gasteiger partial charge is 0.497 e. The van der Waals surface area contributed by atoms with Crippen LogP contribution in [-0.4, -0.2) is 18.8 Å². The number of carbonyl (C=O) groups excluding carboxylic acids is 1. The molecule has 2 rings (SSSR count). The van der Waals surface area contributed by atoms with E-state index in [9.17, 15) is 4.79 Å². The van der Waals surface area contributed by atoms with Crippen molar-refractivity contribution < 1.29 is 9.53 Å². The first-order valence-corrected chi connectivity index (χ1v) is 8.32. The zero-order valence-corrected chi connectivity index (χ0v) is 14.0. The van der Waals surface area contributed by atoms with E-state index in [1.54, 1.807) is 18.9 Å². The summed E-state index contributed by atoms with van der Waals surface area (Å²) in [5, 5.41) is 2.98. The van der Waals surface area contributed by atoms with E-state index < -0.39 is 0 Å². The molecule has 0 bridgehead atoms. The minimum atomic E-state index is 0.0345. The molecular formula is C18H21NO2S. The van der Waals surface area contributed by atoms with Gasteiger partial charge in [0.1, 0.15) is 5.75 Å². The predicted molar refractivity (Wildman–Crippen MR) is 93.7 cm³/mol. The van der Waals surface area contributed by atoms with Gasteiger partial charge in [-0.3, -0.25) is 4.79 Å². The second-order valence-corrected chi connectivity index (χ2v) is 6.19. The number of amides is 1. The van der Waals surface area contributed by atoms with Crippen molar-refractivity contribution in [3.05, 3.63) is 59.2 Å². The smallest absolute Gasteiger partial charge is 0.234 e. The fourth-order valence-electron chi connectivity index (χ4n) is 2.04. The summed E-state index contributed by atoms with van der Waals surface area (Å²) in [6, 6.07) is 14.0. The van der Waals surface area contributed by atoms with Gasteiger partial charge < -0.3 is 10.1 Å². The van der Waals surface area contributed by atoms with Crippen molar-refractivity contribution in [1.29, 1.82) is 0 Å². The van der Waals surface area contributed by atoms with E-state index >= 15 is 0 Å². The molecule has 1 N–H and O–H groups in total. The van der Waals surface area contributed by atoms with Gasteiger partial charge in [0.2, 0.25) is 5.91 Å². The highest BCUT2D eigenvalue weighted by Gasteiger charge is 2.05. The van der Waals surface area contributed by atoms with Crippen molar-refractivity contribution in [2.75, 3.05) is 18.2 Å². The number of aryl methyl sites for hydroxylation is 2. The van der Waals surface area contributed by atoms with E-state index in [0.29, 0.717) is 5.75 Å². The lowest BCUT2D eigenvalue weighted by Crippen LogP contribution is -2.15. The zero-order valence-electron chi connectivity index (χ0n) is 13.2. The summed E-state index contributed by atoms with van der Waals surface area (Å²) in [6.45, 7) is 4.02. The molecule has 0 spiro atoms. The van der Waals surface area contributed by atoms with Crippen LogP contribution in [0, 0.1) is 13.8 Å². The number of rotatable bonds is 6. The normalized spacial score (nSPS) is 10.3. The number of hydrogen-bond acceptors (Lipinski definition) is 3. The first-order valence-electron chi connectivity index (χ1n) is 7.16. The molecule has 0 aromatic heterocycles. The maximum absolute atomic E-state index is 12.0. The summed E-state index contributed by atoms with van der Waals surface area (Å²) in [4.78, 5) is 12.0. The number of carbonyl (C=O) groups is 1. The maximum atomic E-state index is 12.0. The van der Waals surface area contributed by atoms with Crippen LogP contribution < -0.4 is 10.1 Å². The van der Waals surface area contributed by atoms with Gasteiger partial charge in [0, 0.05) is 11.4 Å². The second-order valence-electron chi connectivity index (χ2n) is 5.21. The summed E-state index contributed by atoms with van der Waals surface area (Å²) in [5.74, 6) is 2.14. The summed E-state index contributed by atoms with van der Waals surface area (Å²) in [5.41, 5.74) is 4.31. The number of benzene rings is 2. The second kappa shape index (κ2) is 7.90. The Morgan fingerprint density at radius 2 is 1.86 bits per heavy atom. The minimum Gasteiger partial charge on any atom is -0.497 e. The molecule has 2 aromatic carbocycles. The van der Waals surface area contributed by atoms with Gasteiger partial charge in [-0.05, 0) is 48.7 Å².